The first-order valence-corrected chi connectivity index (χ1v) is 10.2. The molecule has 1 aliphatic heterocycles. The van der Waals surface area contributed by atoms with Crippen LogP contribution in [0.5, 0.6) is 5.75 Å². The Bertz CT molecular complexity index is 1210. The predicted molar refractivity (Wildman–Crippen MR) is 116 cm³/mol. The van der Waals surface area contributed by atoms with Crippen LogP contribution in [0.4, 0.5) is 0 Å². The average molecular weight is 465 g/mol. The standard InChI is InChI=1S/C21H16Cl3N3O3/c1-30-18-5-3-2-4-17(18)27-20(29)13-8-9-26(11-16(13)25-21(27)24)19(28)12-6-7-14(22)15(23)10-12/h2-7,10H,8-9,11H2,1H3. The molecular formula is C21H16Cl3N3O3. The zero-order chi connectivity index (χ0) is 21.4. The van der Waals surface area contributed by atoms with Gasteiger partial charge in [0, 0.05) is 17.7 Å². The average Bonchev–Trinajstić information content (AvgIpc) is 2.75. The van der Waals surface area contributed by atoms with E-state index in [0.717, 1.165) is 0 Å². The smallest absolute Gasteiger partial charge is 0.262 e. The molecule has 0 saturated carbocycles. The van der Waals surface area contributed by atoms with Crippen molar-refractivity contribution < 1.29 is 9.53 Å². The summed E-state index contributed by atoms with van der Waals surface area (Å²) in [4.78, 5) is 32.1. The van der Waals surface area contributed by atoms with Crippen LogP contribution in [-0.2, 0) is 13.0 Å². The third kappa shape index (κ3) is 3.67. The van der Waals surface area contributed by atoms with Crippen molar-refractivity contribution in [3.63, 3.8) is 0 Å². The van der Waals surface area contributed by atoms with Gasteiger partial charge in [0.05, 0.1) is 35.1 Å². The summed E-state index contributed by atoms with van der Waals surface area (Å²) < 4.78 is 6.68. The number of amides is 1. The molecule has 0 unspecified atom stereocenters. The minimum atomic E-state index is -0.267. The minimum Gasteiger partial charge on any atom is -0.495 e. The first-order valence-electron chi connectivity index (χ1n) is 9.08. The topological polar surface area (TPSA) is 64.4 Å². The van der Waals surface area contributed by atoms with Crippen LogP contribution < -0.4 is 10.3 Å². The molecule has 0 saturated heterocycles. The molecule has 0 N–H and O–H groups in total. The lowest BCUT2D eigenvalue weighted by molar-refractivity contribution is 0.0731. The summed E-state index contributed by atoms with van der Waals surface area (Å²) in [5.41, 5.74) is 1.68. The summed E-state index contributed by atoms with van der Waals surface area (Å²) in [6.45, 7) is 0.548. The van der Waals surface area contributed by atoms with E-state index in [0.29, 0.717) is 51.3 Å². The third-order valence-electron chi connectivity index (χ3n) is 4.97. The van der Waals surface area contributed by atoms with Crippen molar-refractivity contribution in [2.45, 2.75) is 13.0 Å². The number of ether oxygens (including phenoxy) is 1. The van der Waals surface area contributed by atoms with Crippen molar-refractivity contribution in [2.75, 3.05) is 13.7 Å². The Morgan fingerprint density at radius 3 is 2.60 bits per heavy atom. The Labute approximate surface area is 187 Å². The molecule has 4 rings (SSSR count). The van der Waals surface area contributed by atoms with E-state index < -0.39 is 0 Å². The van der Waals surface area contributed by atoms with Gasteiger partial charge in [-0.3, -0.25) is 9.59 Å². The van der Waals surface area contributed by atoms with Crippen molar-refractivity contribution >= 4 is 40.7 Å². The molecule has 0 radical (unpaired) electrons. The highest BCUT2D eigenvalue weighted by molar-refractivity contribution is 6.42. The second kappa shape index (κ2) is 8.30. The molecule has 2 aromatic carbocycles. The molecule has 30 heavy (non-hydrogen) atoms. The summed E-state index contributed by atoms with van der Waals surface area (Å²) >= 11 is 18.3. The van der Waals surface area contributed by atoms with E-state index in [9.17, 15) is 9.59 Å². The van der Waals surface area contributed by atoms with Gasteiger partial charge in [0.1, 0.15) is 5.75 Å². The molecule has 1 aromatic heterocycles. The third-order valence-corrected chi connectivity index (χ3v) is 5.97. The first kappa shape index (κ1) is 20.7. The van der Waals surface area contributed by atoms with Gasteiger partial charge in [-0.25, -0.2) is 9.55 Å². The number of halogens is 3. The molecular weight excluding hydrogens is 449 g/mol. The van der Waals surface area contributed by atoms with Gasteiger partial charge in [-0.1, -0.05) is 35.3 Å². The van der Waals surface area contributed by atoms with E-state index in [1.165, 1.54) is 17.7 Å². The molecule has 1 amide bonds. The Balaban J connectivity index is 1.69. The van der Waals surface area contributed by atoms with E-state index in [4.69, 9.17) is 39.5 Å². The van der Waals surface area contributed by atoms with E-state index in [2.05, 4.69) is 4.98 Å². The maximum atomic E-state index is 13.2. The number of fused-ring (bicyclic) bond motifs is 1. The van der Waals surface area contributed by atoms with Crippen molar-refractivity contribution in [2.24, 2.45) is 0 Å². The van der Waals surface area contributed by atoms with Gasteiger partial charge in [0.2, 0.25) is 5.28 Å². The summed E-state index contributed by atoms with van der Waals surface area (Å²) in [6.07, 6.45) is 0.362. The highest BCUT2D eigenvalue weighted by Gasteiger charge is 2.27. The van der Waals surface area contributed by atoms with Crippen LogP contribution in [0.15, 0.2) is 47.3 Å². The van der Waals surface area contributed by atoms with Crippen LogP contribution in [-0.4, -0.2) is 34.0 Å². The fourth-order valence-electron chi connectivity index (χ4n) is 3.47. The summed E-state index contributed by atoms with van der Waals surface area (Å²) in [5.74, 6) is 0.293. The Morgan fingerprint density at radius 1 is 1.10 bits per heavy atom. The molecule has 0 spiro atoms. The number of nitrogens with zero attached hydrogens (tertiary/aromatic N) is 3. The number of benzene rings is 2. The van der Waals surface area contributed by atoms with Gasteiger partial charge in [-0.05, 0) is 48.4 Å². The summed E-state index contributed by atoms with van der Waals surface area (Å²) in [6, 6.07) is 11.8. The molecule has 0 fully saturated rings. The lowest BCUT2D eigenvalue weighted by atomic mass is 10.0. The molecule has 0 atom stereocenters. The van der Waals surface area contributed by atoms with Gasteiger partial charge < -0.3 is 9.64 Å². The maximum absolute atomic E-state index is 13.2. The van der Waals surface area contributed by atoms with Crippen LogP contribution in [0.25, 0.3) is 5.69 Å². The van der Waals surface area contributed by atoms with E-state index >= 15 is 0 Å². The lowest BCUT2D eigenvalue weighted by Gasteiger charge is -2.28. The van der Waals surface area contributed by atoms with Crippen LogP contribution >= 0.6 is 34.8 Å². The number of carbonyl (C=O) groups is 1. The van der Waals surface area contributed by atoms with Crippen molar-refractivity contribution in [1.29, 1.82) is 0 Å². The van der Waals surface area contributed by atoms with Gasteiger partial charge in [0.25, 0.3) is 11.5 Å². The monoisotopic (exact) mass is 463 g/mol. The Hall–Kier alpha value is -2.54. The fraction of sp³-hybridized carbons (Fsp3) is 0.190. The predicted octanol–water partition coefficient (Wildman–Crippen LogP) is 4.40. The second-order valence-corrected chi connectivity index (χ2v) is 7.88. The van der Waals surface area contributed by atoms with Crippen LogP contribution in [0.3, 0.4) is 0 Å². The van der Waals surface area contributed by atoms with Crippen LogP contribution in [0.1, 0.15) is 21.6 Å². The number of hydrogen-bond donors (Lipinski definition) is 0. The van der Waals surface area contributed by atoms with Gasteiger partial charge >= 0.3 is 0 Å². The zero-order valence-electron chi connectivity index (χ0n) is 15.9. The molecule has 1 aliphatic rings. The number of para-hydroxylation sites is 2. The van der Waals surface area contributed by atoms with Crippen LogP contribution in [0.2, 0.25) is 15.3 Å². The Morgan fingerprint density at radius 2 is 1.87 bits per heavy atom. The number of hydrogen-bond acceptors (Lipinski definition) is 4. The molecule has 6 nitrogen and oxygen atoms in total. The summed E-state index contributed by atoms with van der Waals surface area (Å²) in [7, 11) is 1.52. The van der Waals surface area contributed by atoms with Gasteiger partial charge in [-0.2, -0.15) is 0 Å². The quantitative estimate of drug-likeness (QED) is 0.539. The minimum absolute atomic E-state index is 0.00656. The number of carbonyl (C=O) groups excluding carboxylic acids is 1. The summed E-state index contributed by atoms with van der Waals surface area (Å²) in [5, 5.41) is 0.690. The van der Waals surface area contributed by atoms with Gasteiger partial charge in [0.15, 0.2) is 0 Å². The maximum Gasteiger partial charge on any atom is 0.262 e. The van der Waals surface area contributed by atoms with Gasteiger partial charge in [-0.15, -0.1) is 0 Å². The first-order chi connectivity index (χ1) is 14.4. The number of aromatic nitrogens is 2. The largest absolute Gasteiger partial charge is 0.495 e. The highest BCUT2D eigenvalue weighted by Crippen LogP contribution is 2.27. The zero-order valence-corrected chi connectivity index (χ0v) is 18.1. The SMILES string of the molecule is COc1ccccc1-n1c(Cl)nc2c(c1=O)CCN(C(=O)c1ccc(Cl)c(Cl)c1)C2. The fourth-order valence-corrected chi connectivity index (χ4v) is 4.04. The molecule has 2 heterocycles. The van der Waals surface area contributed by atoms with E-state index in [1.807, 2.05) is 0 Å². The van der Waals surface area contributed by atoms with Crippen LogP contribution in [0, 0.1) is 0 Å². The van der Waals surface area contributed by atoms with Crippen molar-refractivity contribution in [3.8, 4) is 11.4 Å². The molecule has 0 aliphatic carbocycles. The molecule has 3 aromatic rings. The van der Waals surface area contributed by atoms with E-state index in [-0.39, 0.29) is 23.3 Å². The second-order valence-electron chi connectivity index (χ2n) is 6.72. The number of methoxy groups -OCH3 is 1. The lowest BCUT2D eigenvalue weighted by Crippen LogP contribution is -2.40. The highest BCUT2D eigenvalue weighted by atomic mass is 35.5. The molecule has 154 valence electrons. The normalized spacial score (nSPS) is 13.1. The van der Waals surface area contributed by atoms with Crippen molar-refractivity contribution in [1.82, 2.24) is 14.5 Å². The van der Waals surface area contributed by atoms with Crippen molar-refractivity contribution in [3.05, 3.63) is 85.0 Å². The Kier molecular flexibility index (Phi) is 5.73. The molecule has 9 heteroatoms. The number of rotatable bonds is 3. The van der Waals surface area contributed by atoms with E-state index in [1.54, 1.807) is 41.3 Å². The molecule has 0 bridgehead atoms.